The van der Waals surface area contributed by atoms with Crippen LogP contribution in [-0.2, 0) is 6.54 Å². The minimum absolute atomic E-state index is 0.224. The van der Waals surface area contributed by atoms with Crippen molar-refractivity contribution in [1.29, 1.82) is 0 Å². The number of benzene rings is 2. The van der Waals surface area contributed by atoms with Crippen LogP contribution in [0.2, 0.25) is 0 Å². The number of nitrogens with zero attached hydrogens (tertiary/aromatic N) is 2. The zero-order valence-electron chi connectivity index (χ0n) is 15.9. The standard InChI is InChI=1S/C23H18F3N3O/c24-17-9-7-15(8-10-17)20-14-16-4-2-11-27-22(16)29(20)13-3-12-28-23(30)21-18(25)5-1-6-19(21)26/h1-2,4-11,14H,3,12-13H2,(H,28,30). The van der Waals surface area contributed by atoms with Crippen LogP contribution in [0.1, 0.15) is 16.8 Å². The Labute approximate surface area is 171 Å². The van der Waals surface area contributed by atoms with Crippen LogP contribution in [0.5, 0.6) is 0 Å². The van der Waals surface area contributed by atoms with Gasteiger partial charge in [-0.1, -0.05) is 6.07 Å². The molecule has 7 heteroatoms. The number of carbonyl (C=O) groups is 1. The number of pyridine rings is 1. The first-order valence-electron chi connectivity index (χ1n) is 9.47. The molecule has 2 aromatic heterocycles. The third kappa shape index (κ3) is 3.91. The molecule has 2 aromatic carbocycles. The molecular formula is C23H18F3N3O. The summed E-state index contributed by atoms with van der Waals surface area (Å²) < 4.78 is 42.8. The number of fused-ring (bicyclic) bond motifs is 1. The average Bonchev–Trinajstić information content (AvgIpc) is 3.10. The van der Waals surface area contributed by atoms with Crippen LogP contribution >= 0.6 is 0 Å². The number of aromatic nitrogens is 2. The van der Waals surface area contributed by atoms with Crippen molar-refractivity contribution in [3.8, 4) is 11.3 Å². The second-order valence-corrected chi connectivity index (χ2v) is 6.81. The summed E-state index contributed by atoms with van der Waals surface area (Å²) in [7, 11) is 0. The van der Waals surface area contributed by atoms with Crippen LogP contribution in [0.3, 0.4) is 0 Å². The SMILES string of the molecule is O=C(NCCCn1c(-c2ccc(F)cc2)cc2cccnc21)c1c(F)cccc1F. The molecule has 2 heterocycles. The number of amides is 1. The summed E-state index contributed by atoms with van der Waals surface area (Å²) in [5, 5.41) is 3.49. The fourth-order valence-electron chi connectivity index (χ4n) is 3.42. The Morgan fingerprint density at radius 2 is 1.70 bits per heavy atom. The van der Waals surface area contributed by atoms with Crippen LogP contribution in [0.25, 0.3) is 22.3 Å². The Bertz CT molecular complexity index is 1180. The van der Waals surface area contributed by atoms with Gasteiger partial charge in [-0.05, 0) is 66.6 Å². The van der Waals surface area contributed by atoms with Crippen LogP contribution in [0.15, 0.2) is 66.9 Å². The molecule has 0 saturated heterocycles. The number of hydrogen-bond donors (Lipinski definition) is 1. The lowest BCUT2D eigenvalue weighted by Crippen LogP contribution is -2.27. The molecule has 30 heavy (non-hydrogen) atoms. The highest BCUT2D eigenvalue weighted by Gasteiger charge is 2.17. The summed E-state index contributed by atoms with van der Waals surface area (Å²) in [6.07, 6.45) is 2.20. The van der Waals surface area contributed by atoms with Gasteiger partial charge in [-0.15, -0.1) is 0 Å². The Hall–Kier alpha value is -3.61. The number of rotatable bonds is 6. The van der Waals surface area contributed by atoms with Crippen molar-refractivity contribution in [2.45, 2.75) is 13.0 Å². The Morgan fingerprint density at radius 3 is 2.43 bits per heavy atom. The van der Waals surface area contributed by atoms with Gasteiger partial charge in [0.2, 0.25) is 0 Å². The van der Waals surface area contributed by atoms with Gasteiger partial charge in [0.05, 0.1) is 5.69 Å². The van der Waals surface area contributed by atoms with E-state index in [0.717, 1.165) is 34.4 Å². The van der Waals surface area contributed by atoms with Gasteiger partial charge in [0.1, 0.15) is 28.7 Å². The molecule has 0 aliphatic carbocycles. The van der Waals surface area contributed by atoms with Crippen LogP contribution in [0, 0.1) is 17.5 Å². The van der Waals surface area contributed by atoms with Gasteiger partial charge in [-0.2, -0.15) is 0 Å². The van der Waals surface area contributed by atoms with E-state index in [4.69, 9.17) is 0 Å². The van der Waals surface area contributed by atoms with Crippen molar-refractivity contribution in [3.05, 3.63) is 89.9 Å². The molecule has 1 amide bonds. The third-order valence-corrected chi connectivity index (χ3v) is 4.83. The topological polar surface area (TPSA) is 46.9 Å². The van der Waals surface area contributed by atoms with E-state index >= 15 is 0 Å². The number of nitrogens with one attached hydrogen (secondary N) is 1. The maximum Gasteiger partial charge on any atom is 0.257 e. The first-order valence-corrected chi connectivity index (χ1v) is 9.47. The fraction of sp³-hybridized carbons (Fsp3) is 0.130. The molecule has 0 atom stereocenters. The second kappa shape index (κ2) is 8.41. The van der Waals surface area contributed by atoms with Gasteiger partial charge in [0.25, 0.3) is 5.91 Å². The molecule has 4 aromatic rings. The van der Waals surface area contributed by atoms with E-state index in [0.29, 0.717) is 13.0 Å². The van der Waals surface area contributed by atoms with Crippen molar-refractivity contribution in [1.82, 2.24) is 14.9 Å². The summed E-state index contributed by atoms with van der Waals surface area (Å²) in [4.78, 5) is 16.6. The fourth-order valence-corrected chi connectivity index (χ4v) is 3.42. The van der Waals surface area contributed by atoms with Gasteiger partial charge in [0, 0.05) is 24.7 Å². The highest BCUT2D eigenvalue weighted by atomic mass is 19.1. The van der Waals surface area contributed by atoms with Gasteiger partial charge < -0.3 is 9.88 Å². The van der Waals surface area contributed by atoms with E-state index in [-0.39, 0.29) is 12.4 Å². The van der Waals surface area contributed by atoms with Crippen molar-refractivity contribution in [2.24, 2.45) is 0 Å². The van der Waals surface area contributed by atoms with Crippen molar-refractivity contribution in [3.63, 3.8) is 0 Å². The lowest BCUT2D eigenvalue weighted by molar-refractivity contribution is 0.0944. The van der Waals surface area contributed by atoms with Gasteiger partial charge in [-0.3, -0.25) is 4.79 Å². The van der Waals surface area contributed by atoms with Gasteiger partial charge >= 0.3 is 0 Å². The molecule has 0 bridgehead atoms. The van der Waals surface area contributed by atoms with E-state index in [1.54, 1.807) is 18.3 Å². The normalized spacial score (nSPS) is 11.0. The molecule has 0 unspecified atom stereocenters. The highest BCUT2D eigenvalue weighted by Crippen LogP contribution is 2.27. The van der Waals surface area contributed by atoms with Crippen LogP contribution in [-0.4, -0.2) is 22.0 Å². The molecule has 0 aliphatic rings. The van der Waals surface area contributed by atoms with E-state index in [2.05, 4.69) is 10.3 Å². The zero-order chi connectivity index (χ0) is 21.1. The minimum Gasteiger partial charge on any atom is -0.352 e. The molecule has 4 nitrogen and oxygen atoms in total. The van der Waals surface area contributed by atoms with E-state index in [1.165, 1.54) is 18.2 Å². The van der Waals surface area contributed by atoms with Crippen molar-refractivity contribution >= 4 is 16.9 Å². The van der Waals surface area contributed by atoms with Crippen LogP contribution < -0.4 is 5.32 Å². The highest BCUT2D eigenvalue weighted by molar-refractivity contribution is 5.94. The van der Waals surface area contributed by atoms with Crippen molar-refractivity contribution < 1.29 is 18.0 Å². The Morgan fingerprint density at radius 1 is 0.967 bits per heavy atom. The predicted molar refractivity (Wildman–Crippen MR) is 108 cm³/mol. The first kappa shape index (κ1) is 19.7. The molecule has 0 saturated carbocycles. The number of carbonyl (C=O) groups excluding carboxylic acids is 1. The molecule has 1 N–H and O–H groups in total. The largest absolute Gasteiger partial charge is 0.352 e. The second-order valence-electron chi connectivity index (χ2n) is 6.81. The lowest BCUT2D eigenvalue weighted by atomic mass is 10.1. The maximum atomic E-state index is 13.7. The predicted octanol–water partition coefficient (Wildman–Crippen LogP) is 4.94. The smallest absolute Gasteiger partial charge is 0.257 e. The van der Waals surface area contributed by atoms with Crippen molar-refractivity contribution in [2.75, 3.05) is 6.54 Å². The average molecular weight is 409 g/mol. The zero-order valence-corrected chi connectivity index (χ0v) is 15.9. The summed E-state index contributed by atoms with van der Waals surface area (Å²) in [6.45, 7) is 0.731. The van der Waals surface area contributed by atoms with Gasteiger partial charge in [0.15, 0.2) is 0 Å². The van der Waals surface area contributed by atoms with E-state index < -0.39 is 23.1 Å². The molecule has 152 valence electrons. The third-order valence-electron chi connectivity index (χ3n) is 4.83. The van der Waals surface area contributed by atoms with E-state index in [9.17, 15) is 18.0 Å². The maximum absolute atomic E-state index is 13.7. The summed E-state index contributed by atoms with van der Waals surface area (Å²) in [5.41, 5.74) is 1.89. The number of hydrogen-bond acceptors (Lipinski definition) is 2. The van der Waals surface area contributed by atoms with Gasteiger partial charge in [-0.25, -0.2) is 18.2 Å². The summed E-state index contributed by atoms with van der Waals surface area (Å²) >= 11 is 0. The summed E-state index contributed by atoms with van der Waals surface area (Å²) in [5.74, 6) is -2.90. The lowest BCUT2D eigenvalue weighted by Gasteiger charge is -2.11. The Balaban J connectivity index is 1.51. The molecule has 0 spiro atoms. The molecule has 0 aliphatic heterocycles. The Kier molecular flexibility index (Phi) is 5.52. The first-order chi connectivity index (χ1) is 14.5. The molecule has 0 fully saturated rings. The number of halogens is 3. The van der Waals surface area contributed by atoms with E-state index in [1.807, 2.05) is 22.8 Å². The molecular weight excluding hydrogens is 391 g/mol. The van der Waals surface area contributed by atoms with Crippen LogP contribution in [0.4, 0.5) is 13.2 Å². The molecule has 4 rings (SSSR count). The number of aryl methyl sites for hydroxylation is 1. The minimum atomic E-state index is -0.897. The monoisotopic (exact) mass is 409 g/mol. The molecule has 0 radical (unpaired) electrons. The summed E-state index contributed by atoms with van der Waals surface area (Å²) in [6, 6.07) is 15.2. The quantitative estimate of drug-likeness (QED) is 0.459.